The second-order valence-corrected chi connectivity index (χ2v) is 5.35. The zero-order chi connectivity index (χ0) is 16.1. The molecule has 3 amide bonds. The molecule has 0 radical (unpaired) electrons. The lowest BCUT2D eigenvalue weighted by Crippen LogP contribution is -2.41. The monoisotopic (exact) mass is 324 g/mol. The molecule has 1 unspecified atom stereocenters. The largest absolute Gasteiger partial charge is 0.453 e. The van der Waals surface area contributed by atoms with Crippen molar-refractivity contribution in [1.29, 1.82) is 0 Å². The zero-order valence-corrected chi connectivity index (χ0v) is 12.9. The smallest absolute Gasteiger partial charge is 0.324 e. The van der Waals surface area contributed by atoms with Crippen LogP contribution >= 0.6 is 11.6 Å². The number of halogens is 1. The summed E-state index contributed by atoms with van der Waals surface area (Å²) in [5.74, 6) is -1.01. The number of aryl methyl sites for hydroxylation is 1. The Bertz CT molecular complexity index is 591. The maximum Gasteiger partial charge on any atom is 0.324 e. The molecule has 1 saturated heterocycles. The molecule has 1 heterocycles. The molecular weight excluding hydrogens is 308 g/mol. The van der Waals surface area contributed by atoms with Gasteiger partial charge in [0.25, 0.3) is 5.91 Å². The van der Waals surface area contributed by atoms with Gasteiger partial charge in [0.2, 0.25) is 0 Å². The van der Waals surface area contributed by atoms with Crippen LogP contribution < -0.4 is 5.32 Å². The molecule has 1 aromatic carbocycles. The molecular formula is C15H17ClN2O4. The number of amides is 3. The average Bonchev–Trinajstić information content (AvgIpc) is 2.91. The lowest BCUT2D eigenvalue weighted by atomic mass is 10.1. The number of ether oxygens (including phenoxy) is 1. The van der Waals surface area contributed by atoms with E-state index < -0.39 is 24.0 Å². The quantitative estimate of drug-likeness (QED) is 0.837. The number of hydrogen-bond donors (Lipinski definition) is 1. The molecule has 1 aromatic rings. The molecule has 0 aromatic heterocycles. The van der Waals surface area contributed by atoms with Crippen LogP contribution in [0, 0.1) is 0 Å². The Balaban J connectivity index is 1.82. The third kappa shape index (κ3) is 3.98. The number of carbonyl (C=O) groups excluding carboxylic acids is 3. The van der Waals surface area contributed by atoms with Crippen LogP contribution in [0.4, 0.5) is 4.79 Å². The Kier molecular flexibility index (Phi) is 5.38. The fourth-order valence-electron chi connectivity index (χ4n) is 2.15. The number of esters is 1. The van der Waals surface area contributed by atoms with Gasteiger partial charge in [0, 0.05) is 24.5 Å². The van der Waals surface area contributed by atoms with E-state index in [4.69, 9.17) is 16.3 Å². The molecule has 1 atom stereocenters. The first-order valence-corrected chi connectivity index (χ1v) is 7.39. The summed E-state index contributed by atoms with van der Waals surface area (Å²) in [5, 5.41) is 3.11. The van der Waals surface area contributed by atoms with Crippen LogP contribution in [0.1, 0.15) is 18.9 Å². The van der Waals surface area contributed by atoms with Gasteiger partial charge in [0.1, 0.15) is 0 Å². The van der Waals surface area contributed by atoms with Crippen LogP contribution in [0.5, 0.6) is 0 Å². The number of rotatable bonds is 5. The van der Waals surface area contributed by atoms with Gasteiger partial charge in [-0.25, -0.2) is 4.79 Å². The van der Waals surface area contributed by atoms with Crippen LogP contribution in [0.2, 0.25) is 5.02 Å². The Morgan fingerprint density at radius 2 is 2.14 bits per heavy atom. The second-order valence-electron chi connectivity index (χ2n) is 4.95. The van der Waals surface area contributed by atoms with Crippen molar-refractivity contribution in [3.05, 3.63) is 34.9 Å². The van der Waals surface area contributed by atoms with E-state index in [0.29, 0.717) is 24.5 Å². The van der Waals surface area contributed by atoms with Gasteiger partial charge < -0.3 is 10.1 Å². The first kappa shape index (κ1) is 16.3. The summed E-state index contributed by atoms with van der Waals surface area (Å²) in [6.07, 6.45) is -0.431. The maximum atomic E-state index is 12.0. The Morgan fingerprint density at radius 3 is 2.77 bits per heavy atom. The third-order valence-corrected chi connectivity index (χ3v) is 3.70. The summed E-state index contributed by atoms with van der Waals surface area (Å²) in [7, 11) is 0. The number of nitrogens with zero attached hydrogens (tertiary/aromatic N) is 1. The number of nitrogens with one attached hydrogen (secondary N) is 1. The molecule has 1 aliphatic heterocycles. The number of carbonyl (C=O) groups is 3. The molecule has 6 nitrogen and oxygen atoms in total. The molecule has 0 spiro atoms. The SMILES string of the molecule is CC(OC(=O)CCc1ccccc1Cl)C(=O)N1CCNC1=O. The minimum absolute atomic E-state index is 0.119. The van der Waals surface area contributed by atoms with Crippen molar-refractivity contribution in [2.45, 2.75) is 25.9 Å². The highest BCUT2D eigenvalue weighted by Crippen LogP contribution is 2.17. The highest BCUT2D eigenvalue weighted by Gasteiger charge is 2.31. The van der Waals surface area contributed by atoms with E-state index in [9.17, 15) is 14.4 Å². The summed E-state index contributed by atoms with van der Waals surface area (Å²) < 4.78 is 5.08. The fourth-order valence-corrected chi connectivity index (χ4v) is 2.38. The Hall–Kier alpha value is -2.08. The number of urea groups is 1. The summed E-state index contributed by atoms with van der Waals surface area (Å²) in [4.78, 5) is 36.2. The van der Waals surface area contributed by atoms with Crippen molar-refractivity contribution in [2.24, 2.45) is 0 Å². The highest BCUT2D eigenvalue weighted by atomic mass is 35.5. The van der Waals surface area contributed by atoms with E-state index in [0.717, 1.165) is 10.5 Å². The van der Waals surface area contributed by atoms with E-state index >= 15 is 0 Å². The molecule has 22 heavy (non-hydrogen) atoms. The average molecular weight is 325 g/mol. The molecule has 2 rings (SSSR count). The van der Waals surface area contributed by atoms with Crippen LogP contribution in [0.15, 0.2) is 24.3 Å². The molecule has 7 heteroatoms. The van der Waals surface area contributed by atoms with Gasteiger partial charge in [0.15, 0.2) is 6.10 Å². The number of imide groups is 1. The Labute approximate surface area is 133 Å². The van der Waals surface area contributed by atoms with Crippen LogP contribution in [-0.2, 0) is 20.7 Å². The predicted octanol–water partition coefficient (Wildman–Crippen LogP) is 1.76. The van der Waals surface area contributed by atoms with Gasteiger partial charge in [-0.1, -0.05) is 29.8 Å². The van der Waals surface area contributed by atoms with Gasteiger partial charge >= 0.3 is 12.0 Å². The van der Waals surface area contributed by atoms with Gasteiger partial charge in [0.05, 0.1) is 0 Å². The van der Waals surface area contributed by atoms with Crippen molar-refractivity contribution in [1.82, 2.24) is 10.2 Å². The zero-order valence-electron chi connectivity index (χ0n) is 12.2. The minimum Gasteiger partial charge on any atom is -0.453 e. The molecule has 0 saturated carbocycles. The lowest BCUT2D eigenvalue weighted by Gasteiger charge is -2.18. The first-order valence-electron chi connectivity index (χ1n) is 7.01. The summed E-state index contributed by atoms with van der Waals surface area (Å²) >= 11 is 6.01. The fraction of sp³-hybridized carbons (Fsp3) is 0.400. The minimum atomic E-state index is -0.984. The normalized spacial score (nSPS) is 15.4. The molecule has 1 aliphatic rings. The van der Waals surface area contributed by atoms with Crippen molar-refractivity contribution in [2.75, 3.05) is 13.1 Å². The van der Waals surface area contributed by atoms with Gasteiger partial charge in [-0.2, -0.15) is 0 Å². The molecule has 0 aliphatic carbocycles. The number of hydrogen-bond acceptors (Lipinski definition) is 4. The van der Waals surface area contributed by atoms with Crippen LogP contribution in [0.25, 0.3) is 0 Å². The van der Waals surface area contributed by atoms with Crippen molar-refractivity contribution in [3.8, 4) is 0 Å². The lowest BCUT2D eigenvalue weighted by molar-refractivity contribution is -0.157. The van der Waals surface area contributed by atoms with E-state index in [1.54, 1.807) is 6.07 Å². The van der Waals surface area contributed by atoms with E-state index in [2.05, 4.69) is 5.32 Å². The summed E-state index contributed by atoms with van der Waals surface area (Å²) in [6, 6.07) is 6.78. The molecule has 0 bridgehead atoms. The summed E-state index contributed by atoms with van der Waals surface area (Å²) in [5.41, 5.74) is 0.846. The van der Waals surface area contributed by atoms with Crippen LogP contribution in [0.3, 0.4) is 0 Å². The standard InChI is InChI=1S/C15H17ClN2O4/c1-10(14(20)18-9-8-17-15(18)21)22-13(19)7-6-11-4-2-3-5-12(11)16/h2-5,10H,6-9H2,1H3,(H,17,21). The maximum absolute atomic E-state index is 12.0. The topological polar surface area (TPSA) is 75.7 Å². The molecule has 1 fully saturated rings. The van der Waals surface area contributed by atoms with Crippen LogP contribution in [-0.4, -0.2) is 42.0 Å². The van der Waals surface area contributed by atoms with Gasteiger partial charge in [-0.15, -0.1) is 0 Å². The number of benzene rings is 1. The Morgan fingerprint density at radius 1 is 1.41 bits per heavy atom. The van der Waals surface area contributed by atoms with Gasteiger partial charge in [-0.3, -0.25) is 14.5 Å². The second kappa shape index (κ2) is 7.26. The van der Waals surface area contributed by atoms with E-state index in [-0.39, 0.29) is 6.42 Å². The molecule has 118 valence electrons. The van der Waals surface area contributed by atoms with E-state index in [1.165, 1.54) is 6.92 Å². The van der Waals surface area contributed by atoms with E-state index in [1.807, 2.05) is 18.2 Å². The highest BCUT2D eigenvalue weighted by molar-refractivity contribution is 6.31. The van der Waals surface area contributed by atoms with Gasteiger partial charge in [-0.05, 0) is 25.0 Å². The van der Waals surface area contributed by atoms with Crippen molar-refractivity contribution in [3.63, 3.8) is 0 Å². The third-order valence-electron chi connectivity index (χ3n) is 3.34. The summed E-state index contributed by atoms with van der Waals surface area (Å²) in [6.45, 7) is 2.16. The van der Waals surface area contributed by atoms with Crippen molar-refractivity contribution >= 4 is 29.5 Å². The van der Waals surface area contributed by atoms with Crippen molar-refractivity contribution < 1.29 is 19.1 Å². The first-order chi connectivity index (χ1) is 10.5. The predicted molar refractivity (Wildman–Crippen MR) is 80.4 cm³/mol. The molecule has 1 N–H and O–H groups in total.